The van der Waals surface area contributed by atoms with Crippen molar-refractivity contribution in [1.82, 2.24) is 0 Å². The summed E-state index contributed by atoms with van der Waals surface area (Å²) in [7, 11) is 1.31. The number of allylic oxidation sites excluding steroid dienone is 2. The molecule has 7 heteroatoms. The molecule has 1 aliphatic carbocycles. The van der Waals surface area contributed by atoms with Crippen LogP contribution in [0.2, 0.25) is 0 Å². The molecule has 0 radical (unpaired) electrons. The van der Waals surface area contributed by atoms with Crippen LogP contribution in [-0.2, 0) is 14.3 Å². The zero-order valence-corrected chi connectivity index (χ0v) is 13.5. The van der Waals surface area contributed by atoms with E-state index in [4.69, 9.17) is 9.47 Å². The van der Waals surface area contributed by atoms with Gasteiger partial charge >= 0.3 is 5.97 Å². The van der Waals surface area contributed by atoms with Gasteiger partial charge in [0.2, 0.25) is 6.29 Å². The van der Waals surface area contributed by atoms with Crippen LogP contribution in [0.15, 0.2) is 53.8 Å². The van der Waals surface area contributed by atoms with E-state index in [0.717, 1.165) is 11.1 Å². The number of nitrogens with zero attached hydrogens (tertiary/aromatic N) is 1. The molecule has 0 saturated heterocycles. The third kappa shape index (κ3) is 3.32. The van der Waals surface area contributed by atoms with Crippen molar-refractivity contribution in [3.8, 4) is 0 Å². The van der Waals surface area contributed by atoms with Crippen molar-refractivity contribution in [3.05, 3.63) is 69.5 Å². The van der Waals surface area contributed by atoms with Crippen LogP contribution in [0, 0.1) is 22.0 Å². The van der Waals surface area contributed by atoms with Crippen molar-refractivity contribution in [2.45, 2.75) is 12.7 Å². The highest BCUT2D eigenvalue weighted by Crippen LogP contribution is 2.43. The SMILES string of the molecule is COC(=O)C1=COC(O)C2C(/C=C/c3ccc([N+](=O)[O-])cc3)=CCC12. The second-order valence-corrected chi connectivity index (χ2v) is 5.85. The molecule has 0 saturated carbocycles. The van der Waals surface area contributed by atoms with Gasteiger partial charge in [-0.15, -0.1) is 0 Å². The molecule has 0 spiro atoms. The number of hydrogen-bond acceptors (Lipinski definition) is 6. The molecule has 130 valence electrons. The lowest BCUT2D eigenvalue weighted by molar-refractivity contribution is -0.384. The van der Waals surface area contributed by atoms with Gasteiger partial charge in [-0.25, -0.2) is 4.79 Å². The maximum atomic E-state index is 11.8. The van der Waals surface area contributed by atoms with E-state index in [-0.39, 0.29) is 17.5 Å². The van der Waals surface area contributed by atoms with E-state index in [1.165, 1.54) is 25.5 Å². The van der Waals surface area contributed by atoms with E-state index in [1.807, 2.05) is 12.2 Å². The molecular weight excluding hydrogens is 326 g/mol. The summed E-state index contributed by atoms with van der Waals surface area (Å²) in [5, 5.41) is 20.8. The van der Waals surface area contributed by atoms with E-state index in [2.05, 4.69) is 0 Å². The molecular formula is C18H17NO6. The zero-order valence-electron chi connectivity index (χ0n) is 13.5. The van der Waals surface area contributed by atoms with Crippen molar-refractivity contribution in [2.24, 2.45) is 11.8 Å². The number of aliphatic hydroxyl groups is 1. The second kappa shape index (κ2) is 6.90. The van der Waals surface area contributed by atoms with Gasteiger partial charge in [-0.05, 0) is 29.7 Å². The number of methoxy groups -OCH3 is 1. The Morgan fingerprint density at radius 1 is 1.36 bits per heavy atom. The Labute approximate surface area is 144 Å². The fourth-order valence-electron chi connectivity index (χ4n) is 3.17. The lowest BCUT2D eigenvalue weighted by atomic mass is 9.83. The summed E-state index contributed by atoms with van der Waals surface area (Å²) >= 11 is 0. The number of aliphatic hydroxyl groups excluding tert-OH is 1. The third-order valence-corrected chi connectivity index (χ3v) is 4.46. The molecule has 0 aromatic heterocycles. The molecule has 1 heterocycles. The van der Waals surface area contributed by atoms with Crippen molar-refractivity contribution in [3.63, 3.8) is 0 Å². The van der Waals surface area contributed by atoms with Gasteiger partial charge in [0.05, 0.1) is 29.8 Å². The maximum Gasteiger partial charge on any atom is 0.337 e. The zero-order chi connectivity index (χ0) is 18.0. The number of fused-ring (bicyclic) bond motifs is 1. The van der Waals surface area contributed by atoms with Gasteiger partial charge in [-0.2, -0.15) is 0 Å². The van der Waals surface area contributed by atoms with Crippen LogP contribution in [0.3, 0.4) is 0 Å². The molecule has 7 nitrogen and oxygen atoms in total. The first-order chi connectivity index (χ1) is 12.0. The molecule has 1 aliphatic heterocycles. The minimum Gasteiger partial charge on any atom is -0.471 e. The first-order valence-corrected chi connectivity index (χ1v) is 7.75. The highest BCUT2D eigenvalue weighted by Gasteiger charge is 2.42. The van der Waals surface area contributed by atoms with Crippen LogP contribution in [-0.4, -0.2) is 29.4 Å². The lowest BCUT2D eigenvalue weighted by Gasteiger charge is -2.31. The van der Waals surface area contributed by atoms with Gasteiger partial charge in [0.25, 0.3) is 5.69 Å². The number of hydrogen-bond donors (Lipinski definition) is 1. The quantitative estimate of drug-likeness (QED) is 0.512. The number of non-ortho nitro benzene ring substituents is 1. The maximum absolute atomic E-state index is 11.8. The molecule has 3 rings (SSSR count). The summed E-state index contributed by atoms with van der Waals surface area (Å²) in [6.07, 6.45) is 6.43. The van der Waals surface area contributed by atoms with Gasteiger partial charge in [-0.3, -0.25) is 10.1 Å². The van der Waals surface area contributed by atoms with E-state index in [1.54, 1.807) is 18.2 Å². The van der Waals surface area contributed by atoms with Crippen LogP contribution < -0.4 is 0 Å². The highest BCUT2D eigenvalue weighted by molar-refractivity contribution is 5.89. The number of nitro benzene ring substituents is 1. The van der Waals surface area contributed by atoms with Crippen LogP contribution in [0.1, 0.15) is 12.0 Å². The number of benzene rings is 1. The molecule has 3 unspecified atom stereocenters. The Morgan fingerprint density at radius 2 is 2.08 bits per heavy atom. The Morgan fingerprint density at radius 3 is 2.72 bits per heavy atom. The molecule has 1 aromatic rings. The fourth-order valence-corrected chi connectivity index (χ4v) is 3.17. The predicted octanol–water partition coefficient (Wildman–Crippen LogP) is 2.58. The smallest absolute Gasteiger partial charge is 0.337 e. The largest absolute Gasteiger partial charge is 0.471 e. The molecule has 0 bridgehead atoms. The highest BCUT2D eigenvalue weighted by atomic mass is 16.6. The van der Waals surface area contributed by atoms with Crippen molar-refractivity contribution >= 4 is 17.7 Å². The topological polar surface area (TPSA) is 98.9 Å². The van der Waals surface area contributed by atoms with Crippen LogP contribution in [0.4, 0.5) is 5.69 Å². The standard InChI is InChI=1S/C18H17NO6/c1-24-17(20)15-10-25-18(21)16-12(6-9-14(15)16)5-2-11-3-7-13(8-4-11)19(22)23/h2-8,10,14,16,18,21H,9H2,1H3/b5-2+. The van der Waals surface area contributed by atoms with Gasteiger partial charge in [0, 0.05) is 18.1 Å². The first kappa shape index (κ1) is 16.9. The molecule has 0 amide bonds. The van der Waals surface area contributed by atoms with E-state index in [0.29, 0.717) is 12.0 Å². The molecule has 1 N–H and O–H groups in total. The van der Waals surface area contributed by atoms with Gasteiger partial charge in [0.1, 0.15) is 0 Å². The Hall–Kier alpha value is -2.93. The third-order valence-electron chi connectivity index (χ3n) is 4.46. The molecule has 2 aliphatic rings. The van der Waals surface area contributed by atoms with Crippen molar-refractivity contribution in [2.75, 3.05) is 7.11 Å². The number of carbonyl (C=O) groups excluding carboxylic acids is 1. The van der Waals surface area contributed by atoms with Crippen LogP contribution in [0.5, 0.6) is 0 Å². The summed E-state index contributed by atoms with van der Waals surface area (Å²) in [6, 6.07) is 6.16. The summed E-state index contributed by atoms with van der Waals surface area (Å²) in [5.41, 5.74) is 2.09. The summed E-state index contributed by atoms with van der Waals surface area (Å²) in [6.45, 7) is 0. The molecule has 25 heavy (non-hydrogen) atoms. The van der Waals surface area contributed by atoms with Gasteiger partial charge in [0.15, 0.2) is 0 Å². The molecule has 1 aromatic carbocycles. The summed E-state index contributed by atoms with van der Waals surface area (Å²) in [4.78, 5) is 22.1. The Bertz CT molecular complexity index is 777. The second-order valence-electron chi connectivity index (χ2n) is 5.85. The Kier molecular flexibility index (Phi) is 4.67. The van der Waals surface area contributed by atoms with Crippen LogP contribution >= 0.6 is 0 Å². The normalized spacial score (nSPS) is 25.0. The lowest BCUT2D eigenvalue weighted by Crippen LogP contribution is -2.34. The fraction of sp³-hybridized carbons (Fsp3) is 0.278. The Balaban J connectivity index is 1.77. The number of rotatable bonds is 4. The summed E-state index contributed by atoms with van der Waals surface area (Å²) < 4.78 is 9.96. The molecule has 3 atom stereocenters. The number of carbonyl (C=O) groups is 1. The van der Waals surface area contributed by atoms with E-state index >= 15 is 0 Å². The van der Waals surface area contributed by atoms with E-state index < -0.39 is 17.2 Å². The van der Waals surface area contributed by atoms with Crippen LogP contribution in [0.25, 0.3) is 6.08 Å². The van der Waals surface area contributed by atoms with E-state index in [9.17, 15) is 20.0 Å². The van der Waals surface area contributed by atoms with Gasteiger partial charge in [-0.1, -0.05) is 18.2 Å². The minimum atomic E-state index is -1.03. The number of esters is 1. The molecule has 0 fully saturated rings. The first-order valence-electron chi connectivity index (χ1n) is 7.75. The minimum absolute atomic E-state index is 0.0289. The predicted molar refractivity (Wildman–Crippen MR) is 89.0 cm³/mol. The van der Waals surface area contributed by atoms with Crippen molar-refractivity contribution < 1.29 is 24.3 Å². The monoisotopic (exact) mass is 343 g/mol. The average molecular weight is 343 g/mol. The summed E-state index contributed by atoms with van der Waals surface area (Å²) in [5.74, 6) is -1.00. The van der Waals surface area contributed by atoms with Crippen molar-refractivity contribution in [1.29, 1.82) is 0 Å². The van der Waals surface area contributed by atoms with Gasteiger partial charge < -0.3 is 14.6 Å². The number of nitro groups is 1. The average Bonchev–Trinajstić information content (AvgIpc) is 3.05. The number of ether oxygens (including phenoxy) is 2.